The largest absolute Gasteiger partial charge is 0.396 e. The van der Waals surface area contributed by atoms with Gasteiger partial charge in [0.1, 0.15) is 9.88 Å². The lowest BCUT2D eigenvalue weighted by molar-refractivity contribution is 0.100. The molecule has 5 N–H and O–H groups in total. The van der Waals surface area contributed by atoms with Crippen LogP contribution >= 0.6 is 23.1 Å². The number of hydrogen-bond acceptors (Lipinski definition) is 5. The molecule has 1 aliphatic rings. The van der Waals surface area contributed by atoms with Gasteiger partial charge in [-0.3, -0.25) is 4.79 Å². The molecule has 2 rings (SSSR count). The van der Waals surface area contributed by atoms with E-state index in [-0.39, 0.29) is 0 Å². The Hall–Kier alpha value is -0.880. The number of nitrogen functional groups attached to an aromatic ring is 1. The Morgan fingerprint density at radius 1 is 1.40 bits per heavy atom. The van der Waals surface area contributed by atoms with E-state index >= 15 is 0 Å². The molecule has 20 heavy (non-hydrogen) atoms. The topological polar surface area (TPSA) is 81.1 Å². The van der Waals surface area contributed by atoms with Crippen molar-refractivity contribution < 1.29 is 4.79 Å². The van der Waals surface area contributed by atoms with E-state index in [4.69, 9.17) is 11.5 Å². The quantitative estimate of drug-likeness (QED) is 0.726. The number of amides is 1. The summed E-state index contributed by atoms with van der Waals surface area (Å²) in [6.45, 7) is 2.27. The molecule has 0 atom stereocenters. The molecule has 6 heteroatoms. The number of carbonyl (C=O) groups excluding carboxylic acids is 1. The summed E-state index contributed by atoms with van der Waals surface area (Å²) in [5, 5.41) is 4.57. The smallest absolute Gasteiger partial charge is 0.261 e. The van der Waals surface area contributed by atoms with Crippen molar-refractivity contribution in [2.75, 3.05) is 17.3 Å². The Morgan fingerprint density at radius 2 is 2.05 bits per heavy atom. The number of anilines is 2. The van der Waals surface area contributed by atoms with E-state index in [0.29, 0.717) is 16.6 Å². The van der Waals surface area contributed by atoms with Gasteiger partial charge in [0.15, 0.2) is 0 Å². The average molecular weight is 313 g/mol. The van der Waals surface area contributed by atoms with E-state index in [2.05, 4.69) is 12.2 Å². The first-order chi connectivity index (χ1) is 9.56. The van der Waals surface area contributed by atoms with E-state index < -0.39 is 5.91 Å². The van der Waals surface area contributed by atoms with Crippen molar-refractivity contribution in [1.29, 1.82) is 0 Å². The first kappa shape index (κ1) is 15.5. The lowest BCUT2D eigenvalue weighted by Gasteiger charge is -2.28. The Bertz CT molecular complexity index is 479. The average Bonchev–Trinajstić information content (AvgIpc) is 2.76. The van der Waals surface area contributed by atoms with Crippen molar-refractivity contribution >= 4 is 39.7 Å². The minimum absolute atomic E-state index is 0.439. The molecule has 4 nitrogen and oxygen atoms in total. The molecular weight excluding hydrogens is 290 g/mol. The van der Waals surface area contributed by atoms with E-state index in [1.54, 1.807) is 11.8 Å². The van der Waals surface area contributed by atoms with Crippen LogP contribution in [0.2, 0.25) is 0 Å². The number of thioether (sulfide) groups is 1. The predicted octanol–water partition coefficient (Wildman–Crippen LogP) is 3.53. The van der Waals surface area contributed by atoms with Crippen LogP contribution in [0.3, 0.4) is 0 Å². The summed E-state index contributed by atoms with van der Waals surface area (Å²) < 4.78 is 0. The van der Waals surface area contributed by atoms with Gasteiger partial charge in [-0.15, -0.1) is 23.1 Å². The molecule has 1 saturated carbocycles. The van der Waals surface area contributed by atoms with Gasteiger partial charge in [0, 0.05) is 6.04 Å². The number of nitrogens with one attached hydrogen (secondary N) is 1. The molecule has 0 radical (unpaired) electrons. The lowest BCUT2D eigenvalue weighted by atomic mass is 9.84. The molecule has 0 saturated heterocycles. The van der Waals surface area contributed by atoms with Crippen LogP contribution in [0.15, 0.2) is 4.90 Å². The highest BCUT2D eigenvalue weighted by molar-refractivity contribution is 7.99. The van der Waals surface area contributed by atoms with Gasteiger partial charge in [-0.05, 0) is 37.9 Å². The maximum absolute atomic E-state index is 11.4. The van der Waals surface area contributed by atoms with Crippen LogP contribution in [0, 0.1) is 5.92 Å². The van der Waals surface area contributed by atoms with Crippen LogP contribution in [0.4, 0.5) is 10.7 Å². The van der Waals surface area contributed by atoms with Crippen LogP contribution in [0.5, 0.6) is 0 Å². The summed E-state index contributed by atoms with van der Waals surface area (Å²) in [4.78, 5) is 12.8. The number of rotatable bonds is 5. The molecule has 1 aliphatic carbocycles. The van der Waals surface area contributed by atoms with Gasteiger partial charge in [0.25, 0.3) is 5.91 Å². The van der Waals surface area contributed by atoms with Crippen LogP contribution in [-0.2, 0) is 0 Å². The van der Waals surface area contributed by atoms with Crippen molar-refractivity contribution in [3.63, 3.8) is 0 Å². The van der Waals surface area contributed by atoms with Gasteiger partial charge < -0.3 is 16.8 Å². The molecule has 1 fully saturated rings. The highest BCUT2D eigenvalue weighted by atomic mass is 32.2. The fourth-order valence-corrected chi connectivity index (χ4v) is 4.76. The number of hydrogen-bond donors (Lipinski definition) is 3. The SMILES string of the molecule is CCC1CCC(Nc2sc(C(N)=O)c(N)c2SC)CC1. The summed E-state index contributed by atoms with van der Waals surface area (Å²) in [7, 11) is 0. The second kappa shape index (κ2) is 6.72. The third-order valence-electron chi connectivity index (χ3n) is 4.09. The molecule has 0 aliphatic heterocycles. The zero-order chi connectivity index (χ0) is 14.7. The molecule has 0 aromatic carbocycles. The highest BCUT2D eigenvalue weighted by Gasteiger charge is 2.24. The summed E-state index contributed by atoms with van der Waals surface area (Å²) >= 11 is 2.96. The molecule has 0 spiro atoms. The zero-order valence-electron chi connectivity index (χ0n) is 12.1. The van der Waals surface area contributed by atoms with E-state index in [0.717, 1.165) is 15.8 Å². The molecule has 0 bridgehead atoms. The second-order valence-corrected chi connectivity index (χ2v) is 7.18. The minimum Gasteiger partial charge on any atom is -0.396 e. The van der Waals surface area contributed by atoms with Gasteiger partial charge in [-0.2, -0.15) is 0 Å². The number of carbonyl (C=O) groups is 1. The third kappa shape index (κ3) is 3.23. The monoisotopic (exact) mass is 313 g/mol. The maximum atomic E-state index is 11.4. The minimum atomic E-state index is -0.439. The van der Waals surface area contributed by atoms with Crippen molar-refractivity contribution in [2.45, 2.75) is 50.0 Å². The highest BCUT2D eigenvalue weighted by Crippen LogP contribution is 2.42. The van der Waals surface area contributed by atoms with Gasteiger partial charge in [-0.1, -0.05) is 13.3 Å². The molecule has 1 aromatic rings. The van der Waals surface area contributed by atoms with Crippen molar-refractivity contribution in [3.05, 3.63) is 4.88 Å². The van der Waals surface area contributed by atoms with Crippen molar-refractivity contribution in [2.24, 2.45) is 11.7 Å². The standard InChI is InChI=1S/C14H23N3OS2/c1-3-8-4-6-9(7-5-8)17-14-12(19-2)10(15)11(20-14)13(16)18/h8-9,17H,3-7,15H2,1-2H3,(H2,16,18). The van der Waals surface area contributed by atoms with Gasteiger partial charge in [-0.25, -0.2) is 0 Å². The second-order valence-electron chi connectivity index (χ2n) is 5.34. The van der Waals surface area contributed by atoms with Crippen LogP contribution in [-0.4, -0.2) is 18.2 Å². The van der Waals surface area contributed by atoms with Crippen LogP contribution in [0.1, 0.15) is 48.7 Å². The molecule has 0 unspecified atom stereocenters. The number of thiophene rings is 1. The van der Waals surface area contributed by atoms with Gasteiger partial charge in [0.05, 0.1) is 10.6 Å². The van der Waals surface area contributed by atoms with E-state index in [9.17, 15) is 4.79 Å². The molecular formula is C14H23N3OS2. The Kier molecular flexibility index (Phi) is 5.21. The van der Waals surface area contributed by atoms with Crippen LogP contribution < -0.4 is 16.8 Å². The molecule has 112 valence electrons. The van der Waals surface area contributed by atoms with Crippen molar-refractivity contribution in [3.8, 4) is 0 Å². The normalized spacial score (nSPS) is 22.7. The summed E-state index contributed by atoms with van der Waals surface area (Å²) in [5.41, 5.74) is 11.9. The fourth-order valence-electron chi connectivity index (χ4n) is 2.81. The number of primary amides is 1. The first-order valence-electron chi connectivity index (χ1n) is 7.09. The van der Waals surface area contributed by atoms with Gasteiger partial charge in [0.2, 0.25) is 0 Å². The Morgan fingerprint density at radius 3 is 2.55 bits per heavy atom. The maximum Gasteiger partial charge on any atom is 0.261 e. The summed E-state index contributed by atoms with van der Waals surface area (Å²) in [5.74, 6) is 0.438. The van der Waals surface area contributed by atoms with Crippen LogP contribution in [0.25, 0.3) is 0 Å². The summed E-state index contributed by atoms with van der Waals surface area (Å²) in [6, 6.07) is 0.488. The van der Waals surface area contributed by atoms with E-state index in [1.807, 2.05) is 6.26 Å². The number of nitrogens with two attached hydrogens (primary N) is 2. The predicted molar refractivity (Wildman–Crippen MR) is 88.7 cm³/mol. The Labute approximate surface area is 128 Å². The first-order valence-corrected chi connectivity index (χ1v) is 9.13. The molecule has 1 aromatic heterocycles. The van der Waals surface area contributed by atoms with Gasteiger partial charge >= 0.3 is 0 Å². The fraction of sp³-hybridized carbons (Fsp3) is 0.643. The van der Waals surface area contributed by atoms with Crippen molar-refractivity contribution in [1.82, 2.24) is 0 Å². The van der Waals surface area contributed by atoms with E-state index in [1.165, 1.54) is 43.4 Å². The lowest BCUT2D eigenvalue weighted by Crippen LogP contribution is -2.25. The molecule has 1 heterocycles. The zero-order valence-corrected chi connectivity index (χ0v) is 13.7. The molecule has 1 amide bonds. The summed E-state index contributed by atoms with van der Waals surface area (Å²) in [6.07, 6.45) is 8.20. The third-order valence-corrected chi connectivity index (χ3v) is 6.20. The Balaban J connectivity index is 2.09.